The number of carbonyl (C=O) groups excluding carboxylic acids is 1. The van der Waals surface area contributed by atoms with Crippen LogP contribution in [0.1, 0.15) is 56.3 Å². The van der Waals surface area contributed by atoms with Crippen molar-refractivity contribution in [2.75, 3.05) is 19.6 Å². The highest BCUT2D eigenvalue weighted by Crippen LogP contribution is 2.36. The van der Waals surface area contributed by atoms with E-state index in [1.165, 1.54) is 16.8 Å². The fourth-order valence-corrected chi connectivity index (χ4v) is 4.37. The maximum Gasteiger partial charge on any atom is 0.338 e. The Morgan fingerprint density at radius 1 is 1.32 bits per heavy atom. The maximum atomic E-state index is 11.2. The number of urea groups is 1. The average Bonchev–Trinajstić information content (AvgIpc) is 2.72. The molecule has 0 unspecified atom stereocenters. The first-order chi connectivity index (χ1) is 13.6. The minimum absolute atomic E-state index is 0.254. The quantitative estimate of drug-likeness (QED) is 0.399. The molecule has 3 heterocycles. The number of carbonyl (C=O) groups is 1. The minimum Gasteiger partial charge on any atom is -0.336 e. The molecule has 0 aromatic carbocycles. The van der Waals surface area contributed by atoms with Crippen LogP contribution >= 0.6 is 0 Å². The summed E-state index contributed by atoms with van der Waals surface area (Å²) in [5, 5.41) is 11.3. The molecule has 1 fully saturated rings. The molecule has 3 rings (SSSR count). The van der Waals surface area contributed by atoms with Crippen molar-refractivity contribution >= 4 is 11.7 Å². The summed E-state index contributed by atoms with van der Waals surface area (Å²) in [6.45, 7) is 6.50. The standard InChI is InChI=1S/C21H31N5O2/c1-15-7-4-11-22-19(15)17-9-3-10-18(20-16(2)8-5-12-23-20)26(17)14-6-13-24-21(27)25-28/h4,7-8,11,17-18,28H,3,5-6,9-10,12-14H2,1-2H3,(H2,24,25,27)/t17-,18+/m0/s1. The Morgan fingerprint density at radius 2 is 2.14 bits per heavy atom. The third-order valence-electron chi connectivity index (χ3n) is 5.68. The van der Waals surface area contributed by atoms with Gasteiger partial charge in [0, 0.05) is 25.8 Å². The number of hydroxylamine groups is 1. The van der Waals surface area contributed by atoms with E-state index in [1.807, 2.05) is 12.3 Å². The van der Waals surface area contributed by atoms with Crippen LogP contribution in [-0.4, -0.2) is 52.5 Å². The third-order valence-corrected chi connectivity index (χ3v) is 5.68. The van der Waals surface area contributed by atoms with Gasteiger partial charge in [0.05, 0.1) is 23.5 Å². The zero-order valence-electron chi connectivity index (χ0n) is 16.8. The first-order valence-electron chi connectivity index (χ1n) is 10.2. The second-order valence-electron chi connectivity index (χ2n) is 7.57. The molecule has 2 aliphatic rings. The van der Waals surface area contributed by atoms with Crippen molar-refractivity contribution in [2.45, 2.75) is 58.0 Å². The summed E-state index contributed by atoms with van der Waals surface area (Å²) in [6, 6.07) is 4.08. The second-order valence-corrected chi connectivity index (χ2v) is 7.57. The minimum atomic E-state index is -0.567. The second kappa shape index (κ2) is 9.80. The van der Waals surface area contributed by atoms with Gasteiger partial charge in [0.2, 0.25) is 0 Å². The van der Waals surface area contributed by atoms with Gasteiger partial charge in [0.1, 0.15) is 0 Å². The van der Waals surface area contributed by atoms with E-state index >= 15 is 0 Å². The van der Waals surface area contributed by atoms with Crippen LogP contribution in [0.15, 0.2) is 35.0 Å². The zero-order valence-corrected chi connectivity index (χ0v) is 16.8. The van der Waals surface area contributed by atoms with E-state index in [4.69, 9.17) is 15.2 Å². The number of nitrogens with one attached hydrogen (secondary N) is 2. The average molecular weight is 386 g/mol. The molecule has 2 amide bonds. The topological polar surface area (TPSA) is 89.9 Å². The number of aromatic nitrogens is 1. The van der Waals surface area contributed by atoms with E-state index in [-0.39, 0.29) is 12.1 Å². The summed E-state index contributed by atoms with van der Waals surface area (Å²) in [4.78, 5) is 23.3. The van der Waals surface area contributed by atoms with Crippen molar-refractivity contribution in [2.24, 2.45) is 4.99 Å². The number of nitrogens with zero attached hydrogens (tertiary/aromatic N) is 3. The van der Waals surface area contributed by atoms with E-state index in [0.29, 0.717) is 6.54 Å². The normalized spacial score (nSPS) is 23.0. The molecule has 1 aromatic heterocycles. The molecule has 7 heteroatoms. The van der Waals surface area contributed by atoms with Crippen LogP contribution in [-0.2, 0) is 0 Å². The Balaban J connectivity index is 1.81. The highest BCUT2D eigenvalue weighted by molar-refractivity contribution is 6.04. The van der Waals surface area contributed by atoms with Crippen LogP contribution in [0.4, 0.5) is 4.79 Å². The Bertz CT molecular complexity index is 746. The van der Waals surface area contributed by atoms with Gasteiger partial charge in [-0.15, -0.1) is 0 Å². The number of piperidine rings is 1. The highest BCUT2D eigenvalue weighted by Gasteiger charge is 2.36. The van der Waals surface area contributed by atoms with E-state index in [0.717, 1.165) is 50.9 Å². The summed E-state index contributed by atoms with van der Waals surface area (Å²) >= 11 is 0. The van der Waals surface area contributed by atoms with Crippen LogP contribution in [0.25, 0.3) is 0 Å². The lowest BCUT2D eigenvalue weighted by atomic mass is 9.86. The Labute approximate surface area is 166 Å². The largest absolute Gasteiger partial charge is 0.338 e. The molecule has 0 aliphatic carbocycles. The van der Waals surface area contributed by atoms with Crippen molar-refractivity contribution in [3.63, 3.8) is 0 Å². The van der Waals surface area contributed by atoms with Crippen LogP contribution < -0.4 is 10.8 Å². The van der Waals surface area contributed by atoms with Crippen LogP contribution in [0.3, 0.4) is 0 Å². The molecule has 2 aliphatic heterocycles. The molecular weight excluding hydrogens is 354 g/mol. The fraction of sp³-hybridized carbons (Fsp3) is 0.571. The Hall–Kier alpha value is -2.25. The number of amides is 2. The number of likely N-dealkylation sites (tertiary alicyclic amines) is 1. The monoisotopic (exact) mass is 385 g/mol. The molecule has 1 saturated heterocycles. The van der Waals surface area contributed by atoms with Crippen LogP contribution in [0.5, 0.6) is 0 Å². The molecule has 2 atom stereocenters. The van der Waals surface area contributed by atoms with Gasteiger partial charge in [-0.3, -0.25) is 20.1 Å². The lowest BCUT2D eigenvalue weighted by Gasteiger charge is -2.43. The van der Waals surface area contributed by atoms with E-state index in [1.54, 1.807) is 5.48 Å². The molecule has 0 radical (unpaired) electrons. The molecule has 152 valence electrons. The first kappa shape index (κ1) is 20.5. The lowest BCUT2D eigenvalue weighted by molar-refractivity contribution is 0.113. The fourth-order valence-electron chi connectivity index (χ4n) is 4.37. The van der Waals surface area contributed by atoms with Gasteiger partial charge in [-0.05, 0) is 63.2 Å². The number of aliphatic imine (C=N–C) groups is 1. The number of hydrogen-bond acceptors (Lipinski definition) is 5. The Morgan fingerprint density at radius 3 is 2.89 bits per heavy atom. The van der Waals surface area contributed by atoms with Crippen LogP contribution in [0.2, 0.25) is 0 Å². The SMILES string of the molecule is CC1=CCCN=C1[C@H]1CCC[C@@H](c2ncccc2C)N1CCCNC(=O)NO. The molecular formula is C21H31N5O2. The molecule has 0 saturated carbocycles. The number of hydrogen-bond donors (Lipinski definition) is 3. The van der Waals surface area contributed by atoms with Gasteiger partial charge in [0.15, 0.2) is 0 Å². The van der Waals surface area contributed by atoms with Gasteiger partial charge in [-0.25, -0.2) is 10.3 Å². The number of dihydropyridines is 1. The van der Waals surface area contributed by atoms with Crippen molar-refractivity contribution in [3.8, 4) is 0 Å². The van der Waals surface area contributed by atoms with Crippen molar-refractivity contribution < 1.29 is 10.0 Å². The molecule has 3 N–H and O–H groups in total. The van der Waals surface area contributed by atoms with E-state index < -0.39 is 6.03 Å². The summed E-state index contributed by atoms with van der Waals surface area (Å²) < 4.78 is 0. The summed E-state index contributed by atoms with van der Waals surface area (Å²) in [5.74, 6) is 0. The number of aryl methyl sites for hydroxylation is 1. The summed E-state index contributed by atoms with van der Waals surface area (Å²) in [6.07, 6.45) is 9.31. The zero-order chi connectivity index (χ0) is 19.9. The molecule has 0 spiro atoms. The van der Waals surface area contributed by atoms with Gasteiger partial charge < -0.3 is 5.32 Å². The predicted octanol–water partition coefficient (Wildman–Crippen LogP) is 3.16. The molecule has 28 heavy (non-hydrogen) atoms. The van der Waals surface area contributed by atoms with Gasteiger partial charge in [0.25, 0.3) is 0 Å². The molecule has 1 aromatic rings. The van der Waals surface area contributed by atoms with Gasteiger partial charge in [-0.1, -0.05) is 12.1 Å². The van der Waals surface area contributed by atoms with E-state index in [2.05, 4.69) is 36.2 Å². The van der Waals surface area contributed by atoms with Crippen molar-refractivity contribution in [1.29, 1.82) is 0 Å². The van der Waals surface area contributed by atoms with Crippen molar-refractivity contribution in [3.05, 3.63) is 41.2 Å². The number of pyridine rings is 1. The summed E-state index contributed by atoms with van der Waals surface area (Å²) in [7, 11) is 0. The van der Waals surface area contributed by atoms with Gasteiger partial charge >= 0.3 is 6.03 Å². The van der Waals surface area contributed by atoms with Gasteiger partial charge in [-0.2, -0.15) is 0 Å². The first-order valence-corrected chi connectivity index (χ1v) is 10.2. The number of rotatable bonds is 6. The maximum absolute atomic E-state index is 11.2. The molecule has 7 nitrogen and oxygen atoms in total. The third kappa shape index (κ3) is 4.77. The summed E-state index contributed by atoms with van der Waals surface area (Å²) in [5.41, 5.74) is 6.48. The highest BCUT2D eigenvalue weighted by atomic mass is 16.5. The Kier molecular flexibility index (Phi) is 7.17. The van der Waals surface area contributed by atoms with E-state index in [9.17, 15) is 4.79 Å². The van der Waals surface area contributed by atoms with Crippen LogP contribution in [0, 0.1) is 6.92 Å². The predicted molar refractivity (Wildman–Crippen MR) is 110 cm³/mol. The lowest BCUT2D eigenvalue weighted by Crippen LogP contribution is -2.48. The smallest absolute Gasteiger partial charge is 0.336 e. The molecule has 0 bridgehead atoms. The van der Waals surface area contributed by atoms with Crippen molar-refractivity contribution in [1.82, 2.24) is 20.7 Å².